The van der Waals surface area contributed by atoms with Gasteiger partial charge in [-0.15, -0.1) is 0 Å². The zero-order valence-corrected chi connectivity index (χ0v) is 18.6. The zero-order chi connectivity index (χ0) is 22.2. The van der Waals surface area contributed by atoms with Gasteiger partial charge < -0.3 is 9.30 Å². The van der Waals surface area contributed by atoms with E-state index in [0.717, 1.165) is 18.4 Å². The van der Waals surface area contributed by atoms with Crippen LogP contribution in [-0.2, 0) is 17.8 Å². The van der Waals surface area contributed by atoms with Gasteiger partial charge >= 0.3 is 5.69 Å². The Hall–Kier alpha value is -2.87. The van der Waals surface area contributed by atoms with Gasteiger partial charge in [0.2, 0.25) is 0 Å². The quantitative estimate of drug-likeness (QED) is 0.443. The fraction of sp³-hybridized carbons (Fsp3) is 0.261. The van der Waals surface area contributed by atoms with Crippen molar-refractivity contribution in [1.82, 2.24) is 18.7 Å². The highest BCUT2D eigenvalue weighted by Gasteiger charge is 2.23. The first kappa shape index (κ1) is 21.0. The lowest BCUT2D eigenvalue weighted by Gasteiger charge is -2.15. The molecule has 9 heteroatoms. The normalized spacial score (nSPS) is 16.1. The first-order chi connectivity index (χ1) is 15.5. The van der Waals surface area contributed by atoms with Crippen LogP contribution in [0.25, 0.3) is 16.9 Å². The van der Waals surface area contributed by atoms with Crippen LogP contribution in [0.1, 0.15) is 18.4 Å². The molecule has 2 aromatic carbocycles. The minimum atomic E-state index is -0.455. The predicted molar refractivity (Wildman–Crippen MR) is 124 cm³/mol. The molecule has 4 aromatic rings. The minimum Gasteiger partial charge on any atom is -0.376 e. The number of ether oxygens (including phenoxy) is 1. The summed E-state index contributed by atoms with van der Waals surface area (Å²) in [7, 11) is 0. The van der Waals surface area contributed by atoms with Crippen molar-refractivity contribution in [2.45, 2.75) is 32.0 Å². The first-order valence-electron chi connectivity index (χ1n) is 10.3. The average Bonchev–Trinajstić information content (AvgIpc) is 3.44. The molecule has 0 N–H and O–H groups in total. The Morgan fingerprint density at radius 3 is 2.56 bits per heavy atom. The molecule has 0 aliphatic carbocycles. The summed E-state index contributed by atoms with van der Waals surface area (Å²) < 4.78 is 10.1. The van der Waals surface area contributed by atoms with Crippen LogP contribution in [0.4, 0.5) is 0 Å². The minimum absolute atomic E-state index is 0.170. The van der Waals surface area contributed by atoms with Crippen molar-refractivity contribution in [1.29, 1.82) is 0 Å². The van der Waals surface area contributed by atoms with E-state index in [-0.39, 0.29) is 18.3 Å². The van der Waals surface area contributed by atoms with Crippen LogP contribution in [-0.4, -0.2) is 31.4 Å². The predicted octanol–water partition coefficient (Wildman–Crippen LogP) is 3.88. The second-order valence-electron chi connectivity index (χ2n) is 7.78. The van der Waals surface area contributed by atoms with Crippen LogP contribution >= 0.6 is 23.2 Å². The van der Waals surface area contributed by atoms with Gasteiger partial charge in [0.25, 0.3) is 5.56 Å². The molecule has 1 saturated heterocycles. The summed E-state index contributed by atoms with van der Waals surface area (Å²) in [5.41, 5.74) is 1.20. The van der Waals surface area contributed by atoms with Gasteiger partial charge in [-0.2, -0.15) is 0 Å². The molecular weight excluding hydrogens is 451 g/mol. The molecule has 5 rings (SSSR count). The molecule has 32 heavy (non-hydrogen) atoms. The van der Waals surface area contributed by atoms with E-state index in [4.69, 9.17) is 27.9 Å². The molecule has 0 amide bonds. The number of fused-ring (bicyclic) bond motifs is 1. The molecule has 1 fully saturated rings. The van der Waals surface area contributed by atoms with Crippen LogP contribution in [0, 0.1) is 0 Å². The summed E-state index contributed by atoms with van der Waals surface area (Å²) in [5.74, 6) is 0. The maximum Gasteiger partial charge on any atom is 0.337 e. The highest BCUT2D eigenvalue weighted by atomic mass is 35.5. The van der Waals surface area contributed by atoms with Crippen LogP contribution < -0.4 is 11.2 Å². The Labute approximate surface area is 193 Å². The Bertz CT molecular complexity index is 1400. The number of aromatic nitrogens is 4. The Morgan fingerprint density at radius 1 is 1.06 bits per heavy atom. The van der Waals surface area contributed by atoms with E-state index in [9.17, 15) is 9.59 Å². The van der Waals surface area contributed by atoms with E-state index in [1.54, 1.807) is 41.2 Å². The van der Waals surface area contributed by atoms with Gasteiger partial charge in [0.15, 0.2) is 11.2 Å². The summed E-state index contributed by atoms with van der Waals surface area (Å²) in [5, 5.41) is 1.15. The topological polar surface area (TPSA) is 71.0 Å². The van der Waals surface area contributed by atoms with Crippen LogP contribution in [0.2, 0.25) is 10.0 Å². The highest BCUT2D eigenvalue weighted by molar-refractivity contribution is 6.31. The Morgan fingerprint density at radius 2 is 1.84 bits per heavy atom. The average molecular weight is 471 g/mol. The molecule has 2 aromatic heterocycles. The van der Waals surface area contributed by atoms with Crippen molar-refractivity contribution >= 4 is 34.4 Å². The van der Waals surface area contributed by atoms with Crippen molar-refractivity contribution in [3.8, 4) is 5.69 Å². The smallest absolute Gasteiger partial charge is 0.337 e. The highest BCUT2D eigenvalue weighted by Crippen LogP contribution is 2.20. The monoisotopic (exact) mass is 470 g/mol. The maximum absolute atomic E-state index is 13.5. The number of imidazole rings is 1. The fourth-order valence-electron chi connectivity index (χ4n) is 4.09. The molecule has 0 unspecified atom stereocenters. The van der Waals surface area contributed by atoms with E-state index < -0.39 is 11.2 Å². The van der Waals surface area contributed by atoms with E-state index >= 15 is 0 Å². The molecule has 0 saturated carbocycles. The molecule has 164 valence electrons. The van der Waals surface area contributed by atoms with Crippen LogP contribution in [0.5, 0.6) is 0 Å². The van der Waals surface area contributed by atoms with Crippen molar-refractivity contribution in [3.63, 3.8) is 0 Å². The van der Waals surface area contributed by atoms with Gasteiger partial charge in [0.1, 0.15) is 0 Å². The molecule has 7 nitrogen and oxygen atoms in total. The van der Waals surface area contributed by atoms with Crippen molar-refractivity contribution in [3.05, 3.63) is 91.3 Å². The van der Waals surface area contributed by atoms with E-state index in [0.29, 0.717) is 34.4 Å². The van der Waals surface area contributed by atoms with Gasteiger partial charge in [-0.3, -0.25) is 9.36 Å². The van der Waals surface area contributed by atoms with Crippen molar-refractivity contribution < 1.29 is 4.74 Å². The number of hydrogen-bond acceptors (Lipinski definition) is 4. The Balaban J connectivity index is 1.73. The molecular formula is C23H20Cl2N4O3. The summed E-state index contributed by atoms with van der Waals surface area (Å²) in [6.07, 6.45) is 3.12. The van der Waals surface area contributed by atoms with Crippen LogP contribution in [0.15, 0.2) is 64.4 Å². The number of halogens is 2. The summed E-state index contributed by atoms with van der Waals surface area (Å²) >= 11 is 12.4. The molecule has 1 aliphatic rings. The largest absolute Gasteiger partial charge is 0.376 e. The second-order valence-corrected chi connectivity index (χ2v) is 8.62. The lowest BCUT2D eigenvalue weighted by atomic mass is 10.2. The van der Waals surface area contributed by atoms with Crippen molar-refractivity contribution in [2.75, 3.05) is 6.61 Å². The van der Waals surface area contributed by atoms with Gasteiger partial charge in [0, 0.05) is 16.7 Å². The van der Waals surface area contributed by atoms with Gasteiger partial charge in [0.05, 0.1) is 31.2 Å². The summed E-state index contributed by atoms with van der Waals surface area (Å²) in [6, 6.07) is 14.3. The molecule has 0 bridgehead atoms. The van der Waals surface area contributed by atoms with E-state index in [2.05, 4.69) is 4.98 Å². The van der Waals surface area contributed by atoms with Gasteiger partial charge in [-0.05, 0) is 48.7 Å². The third kappa shape index (κ3) is 3.77. The third-order valence-corrected chi connectivity index (χ3v) is 6.31. The molecule has 1 aliphatic heterocycles. The zero-order valence-electron chi connectivity index (χ0n) is 17.1. The molecule has 3 heterocycles. The number of hydrogen-bond donors (Lipinski definition) is 0. The number of nitrogens with zero attached hydrogens (tertiary/aromatic N) is 4. The fourth-order valence-corrected chi connectivity index (χ4v) is 4.41. The summed E-state index contributed by atoms with van der Waals surface area (Å²) in [4.78, 5) is 31.4. The molecule has 0 radical (unpaired) electrons. The SMILES string of the molecule is O=c1c2c(ncn2Cc2ccccc2Cl)n(-c2ccc(Cl)cc2)c(=O)n1C[C@H]1CCCO1. The lowest BCUT2D eigenvalue weighted by Crippen LogP contribution is -2.42. The lowest BCUT2D eigenvalue weighted by molar-refractivity contribution is 0.0950. The van der Waals surface area contributed by atoms with Gasteiger partial charge in [-0.1, -0.05) is 41.4 Å². The first-order valence-corrected chi connectivity index (χ1v) is 11.1. The maximum atomic E-state index is 13.5. The van der Waals surface area contributed by atoms with Crippen LogP contribution in [0.3, 0.4) is 0 Å². The standard InChI is InChI=1S/C23H20Cl2N4O3/c24-16-7-9-17(10-8-16)29-21-20(22(30)28(23(29)31)13-18-5-3-11-32-18)27(14-26-21)12-15-4-1-2-6-19(15)25/h1-2,4,6-10,14,18H,3,5,11-13H2/t18-/m1/s1. The van der Waals surface area contributed by atoms with E-state index in [1.807, 2.05) is 18.2 Å². The Kier molecular flexibility index (Phi) is 5.63. The van der Waals surface area contributed by atoms with E-state index in [1.165, 1.54) is 9.13 Å². The summed E-state index contributed by atoms with van der Waals surface area (Å²) in [6.45, 7) is 1.18. The molecule has 0 spiro atoms. The third-order valence-electron chi connectivity index (χ3n) is 5.69. The van der Waals surface area contributed by atoms with Gasteiger partial charge in [-0.25, -0.2) is 14.3 Å². The van der Waals surface area contributed by atoms with Crippen molar-refractivity contribution in [2.24, 2.45) is 0 Å². The number of benzene rings is 2. The molecule has 1 atom stereocenters. The number of rotatable bonds is 5. The second kappa shape index (κ2) is 8.58.